The van der Waals surface area contributed by atoms with Gasteiger partial charge < -0.3 is 15.7 Å². The molecule has 2 aromatic rings. The average Bonchev–Trinajstić information content (AvgIpc) is 2.43. The second kappa shape index (κ2) is 5.69. The number of nitrogens with zero attached hydrogens (tertiary/aromatic N) is 2. The summed E-state index contributed by atoms with van der Waals surface area (Å²) in [5, 5.41) is 18.3. The topological polar surface area (TPSA) is 86.2 Å². The first-order valence-corrected chi connectivity index (χ1v) is 7.32. The van der Waals surface area contributed by atoms with Crippen LogP contribution in [0.4, 0.5) is 5.69 Å². The number of aliphatic hydroxyl groups is 1. The summed E-state index contributed by atoms with van der Waals surface area (Å²) in [7, 11) is 0. The minimum absolute atomic E-state index is 0.0190. The first kappa shape index (κ1) is 13.8. The summed E-state index contributed by atoms with van der Waals surface area (Å²) in [6.45, 7) is 0.642. The molecule has 0 aliphatic heterocycles. The van der Waals surface area contributed by atoms with Gasteiger partial charge in [-0.1, -0.05) is 18.2 Å². The number of benzene rings is 1. The Balaban J connectivity index is 2.20. The van der Waals surface area contributed by atoms with Crippen molar-refractivity contribution in [2.75, 3.05) is 18.1 Å². The van der Waals surface area contributed by atoms with Crippen LogP contribution in [0.5, 0.6) is 0 Å². The summed E-state index contributed by atoms with van der Waals surface area (Å²) < 4.78 is 0. The Kier molecular flexibility index (Phi) is 3.75. The number of nitrogens with two attached hydrogens (primary N) is 1. The number of pyridine rings is 1. The molecule has 4 N–H and O–H groups in total. The van der Waals surface area contributed by atoms with Gasteiger partial charge in [0.1, 0.15) is 5.84 Å². The molecule has 5 nitrogen and oxygen atoms in total. The lowest BCUT2D eigenvalue weighted by Gasteiger charge is -2.40. The number of aromatic nitrogens is 1. The van der Waals surface area contributed by atoms with Crippen LogP contribution in [0.2, 0.25) is 0 Å². The van der Waals surface area contributed by atoms with E-state index in [4.69, 9.17) is 11.1 Å². The number of hydrogen-bond acceptors (Lipinski definition) is 4. The predicted octanol–water partition coefficient (Wildman–Crippen LogP) is 1.87. The Morgan fingerprint density at radius 1 is 1.38 bits per heavy atom. The van der Waals surface area contributed by atoms with Crippen molar-refractivity contribution >= 4 is 22.4 Å². The fraction of sp³-hybridized carbons (Fsp3) is 0.375. The Hall–Kier alpha value is -2.14. The quantitative estimate of drug-likeness (QED) is 0.578. The highest BCUT2D eigenvalue weighted by Gasteiger charge is 2.28. The first-order valence-electron chi connectivity index (χ1n) is 7.32. The highest BCUT2D eigenvalue weighted by molar-refractivity contribution is 6.07. The van der Waals surface area contributed by atoms with Crippen molar-refractivity contribution in [2.45, 2.75) is 25.3 Å². The lowest BCUT2D eigenvalue weighted by molar-refractivity contribution is 0.284. The molecule has 0 unspecified atom stereocenters. The molecule has 1 heterocycles. The smallest absolute Gasteiger partial charge is 0.126 e. The molecule has 110 valence electrons. The van der Waals surface area contributed by atoms with E-state index in [9.17, 15) is 5.11 Å². The van der Waals surface area contributed by atoms with E-state index >= 15 is 0 Å². The van der Waals surface area contributed by atoms with Gasteiger partial charge >= 0.3 is 0 Å². The maximum atomic E-state index is 9.43. The van der Waals surface area contributed by atoms with Gasteiger partial charge in [-0.3, -0.25) is 10.4 Å². The molecule has 0 saturated heterocycles. The van der Waals surface area contributed by atoms with Crippen molar-refractivity contribution in [2.24, 2.45) is 5.73 Å². The highest BCUT2D eigenvalue weighted by atomic mass is 16.3. The molecule has 3 rings (SSSR count). The third kappa shape index (κ3) is 2.45. The summed E-state index contributed by atoms with van der Waals surface area (Å²) in [4.78, 5) is 6.60. The van der Waals surface area contributed by atoms with Crippen molar-refractivity contribution in [3.8, 4) is 0 Å². The SMILES string of the molecule is N=C(N)c1cnc2ccccc2c1N(CCO)C1CCC1. The van der Waals surface area contributed by atoms with Gasteiger partial charge in [-0.25, -0.2) is 0 Å². The normalized spacial score (nSPS) is 14.9. The molecule has 1 aromatic heterocycles. The number of hydrogen-bond donors (Lipinski definition) is 3. The summed E-state index contributed by atoms with van der Waals surface area (Å²) in [6.07, 6.45) is 5.12. The van der Waals surface area contributed by atoms with Crippen LogP contribution in [0.15, 0.2) is 30.5 Å². The summed E-state index contributed by atoms with van der Waals surface area (Å²) in [6, 6.07) is 8.30. The van der Waals surface area contributed by atoms with E-state index in [2.05, 4.69) is 9.88 Å². The number of nitrogens with one attached hydrogen (secondary N) is 1. The summed E-state index contributed by atoms with van der Waals surface area (Å²) in [5.41, 5.74) is 8.23. The Morgan fingerprint density at radius 3 is 2.76 bits per heavy atom. The second-order valence-corrected chi connectivity index (χ2v) is 5.45. The van der Waals surface area contributed by atoms with Gasteiger partial charge in [0.15, 0.2) is 0 Å². The number of nitrogen functional groups attached to an aromatic ring is 1. The molecule has 1 fully saturated rings. The first-order chi connectivity index (χ1) is 10.2. The predicted molar refractivity (Wildman–Crippen MR) is 84.8 cm³/mol. The van der Waals surface area contributed by atoms with Gasteiger partial charge in [0.2, 0.25) is 0 Å². The molecular weight excluding hydrogens is 264 g/mol. The molecular formula is C16H20N4O. The maximum absolute atomic E-state index is 9.43. The largest absolute Gasteiger partial charge is 0.395 e. The Bertz CT molecular complexity index is 666. The molecule has 5 heteroatoms. The summed E-state index contributed by atoms with van der Waals surface area (Å²) in [5.74, 6) is 0.0190. The molecule has 0 radical (unpaired) electrons. The lowest BCUT2D eigenvalue weighted by Crippen LogP contribution is -2.43. The van der Waals surface area contributed by atoms with Gasteiger partial charge in [0.25, 0.3) is 0 Å². The van der Waals surface area contributed by atoms with Crippen LogP contribution in [-0.2, 0) is 0 Å². The standard InChI is InChI=1S/C16H20N4O/c17-16(18)13-10-19-14-7-2-1-6-12(14)15(13)20(8-9-21)11-4-3-5-11/h1-2,6-7,10-11,21H,3-5,8-9H2,(H3,17,18). The van der Waals surface area contributed by atoms with Gasteiger partial charge in [-0.05, 0) is 25.3 Å². The van der Waals surface area contributed by atoms with Gasteiger partial charge in [-0.15, -0.1) is 0 Å². The number of para-hydroxylation sites is 1. The van der Waals surface area contributed by atoms with E-state index in [0.717, 1.165) is 29.4 Å². The zero-order chi connectivity index (χ0) is 14.8. The van der Waals surface area contributed by atoms with E-state index in [-0.39, 0.29) is 12.4 Å². The maximum Gasteiger partial charge on any atom is 0.126 e. The minimum Gasteiger partial charge on any atom is -0.395 e. The monoisotopic (exact) mass is 284 g/mol. The van der Waals surface area contributed by atoms with Gasteiger partial charge in [0.05, 0.1) is 23.4 Å². The molecule has 1 aliphatic carbocycles. The Morgan fingerprint density at radius 2 is 2.14 bits per heavy atom. The number of amidine groups is 1. The molecule has 1 aromatic carbocycles. The minimum atomic E-state index is 0.0190. The molecule has 0 bridgehead atoms. The fourth-order valence-electron chi connectivity index (χ4n) is 2.92. The van der Waals surface area contributed by atoms with E-state index < -0.39 is 0 Å². The van der Waals surface area contributed by atoms with Crippen LogP contribution in [0.3, 0.4) is 0 Å². The van der Waals surface area contributed by atoms with Crippen LogP contribution in [0.25, 0.3) is 10.9 Å². The Labute approximate surface area is 123 Å². The second-order valence-electron chi connectivity index (χ2n) is 5.45. The number of fused-ring (bicyclic) bond motifs is 1. The van der Waals surface area contributed by atoms with Crippen molar-refractivity contribution in [3.63, 3.8) is 0 Å². The van der Waals surface area contributed by atoms with E-state index in [1.807, 2.05) is 24.3 Å². The van der Waals surface area contributed by atoms with Crippen molar-refractivity contribution in [3.05, 3.63) is 36.0 Å². The van der Waals surface area contributed by atoms with Gasteiger partial charge in [-0.2, -0.15) is 0 Å². The van der Waals surface area contributed by atoms with E-state index in [0.29, 0.717) is 18.2 Å². The lowest BCUT2D eigenvalue weighted by atomic mass is 9.90. The molecule has 0 amide bonds. The zero-order valence-corrected chi connectivity index (χ0v) is 11.9. The van der Waals surface area contributed by atoms with Crippen LogP contribution >= 0.6 is 0 Å². The van der Waals surface area contributed by atoms with Gasteiger partial charge in [0, 0.05) is 24.2 Å². The van der Waals surface area contributed by atoms with Crippen LogP contribution in [0.1, 0.15) is 24.8 Å². The highest BCUT2D eigenvalue weighted by Crippen LogP contribution is 2.35. The van der Waals surface area contributed by atoms with Crippen molar-refractivity contribution in [1.29, 1.82) is 5.41 Å². The fourth-order valence-corrected chi connectivity index (χ4v) is 2.92. The van der Waals surface area contributed by atoms with Crippen molar-refractivity contribution in [1.82, 2.24) is 4.98 Å². The number of anilines is 1. The van der Waals surface area contributed by atoms with Crippen LogP contribution in [-0.4, -0.2) is 35.1 Å². The number of rotatable bonds is 5. The molecule has 1 aliphatic rings. The van der Waals surface area contributed by atoms with Crippen molar-refractivity contribution < 1.29 is 5.11 Å². The van der Waals surface area contributed by atoms with E-state index in [1.165, 1.54) is 6.42 Å². The summed E-state index contributed by atoms with van der Waals surface area (Å²) >= 11 is 0. The van der Waals surface area contributed by atoms with Crippen LogP contribution in [0, 0.1) is 5.41 Å². The molecule has 21 heavy (non-hydrogen) atoms. The molecule has 1 saturated carbocycles. The molecule has 0 spiro atoms. The van der Waals surface area contributed by atoms with Crippen LogP contribution < -0.4 is 10.6 Å². The third-order valence-corrected chi connectivity index (χ3v) is 4.18. The third-order valence-electron chi connectivity index (χ3n) is 4.18. The van der Waals surface area contributed by atoms with E-state index in [1.54, 1.807) is 6.20 Å². The number of aliphatic hydroxyl groups excluding tert-OH is 1. The molecule has 0 atom stereocenters. The average molecular weight is 284 g/mol. The zero-order valence-electron chi connectivity index (χ0n) is 11.9.